The molecular formula is C20H33Cl2N3O. The van der Waals surface area contributed by atoms with Crippen LogP contribution in [0.4, 0.5) is 0 Å². The number of nitrogens with zero attached hydrogens (tertiary/aromatic N) is 2. The summed E-state index contributed by atoms with van der Waals surface area (Å²) < 4.78 is 0. The number of carbonyl (C=O) groups is 1. The van der Waals surface area contributed by atoms with Crippen molar-refractivity contribution in [1.82, 2.24) is 9.80 Å². The molecular weight excluding hydrogens is 369 g/mol. The summed E-state index contributed by atoms with van der Waals surface area (Å²) in [4.78, 5) is 17.1. The van der Waals surface area contributed by atoms with Crippen LogP contribution in [0.25, 0.3) is 0 Å². The Morgan fingerprint density at radius 1 is 1.12 bits per heavy atom. The van der Waals surface area contributed by atoms with Gasteiger partial charge in [0.05, 0.1) is 6.04 Å². The maximum Gasteiger partial charge on any atom is 0.239 e. The van der Waals surface area contributed by atoms with E-state index in [1.165, 1.54) is 18.4 Å². The van der Waals surface area contributed by atoms with Gasteiger partial charge in [0.25, 0.3) is 0 Å². The lowest BCUT2D eigenvalue weighted by molar-refractivity contribution is -0.138. The molecule has 0 spiro atoms. The minimum Gasteiger partial charge on any atom is -0.340 e. The molecule has 2 heterocycles. The fraction of sp³-hybridized carbons (Fsp3) is 0.650. The number of hydrogen-bond acceptors (Lipinski definition) is 3. The minimum absolute atomic E-state index is 0. The van der Waals surface area contributed by atoms with Crippen molar-refractivity contribution in [2.24, 2.45) is 11.7 Å². The van der Waals surface area contributed by atoms with E-state index in [1.807, 2.05) is 4.90 Å². The van der Waals surface area contributed by atoms with Crippen LogP contribution in [0, 0.1) is 5.92 Å². The summed E-state index contributed by atoms with van der Waals surface area (Å²) in [6.07, 6.45) is 5.62. The maximum atomic E-state index is 12.7. The fourth-order valence-corrected chi connectivity index (χ4v) is 4.12. The number of hydrogen-bond donors (Lipinski definition) is 1. The Bertz CT molecular complexity index is 535. The molecule has 1 aromatic carbocycles. The molecule has 2 unspecified atom stereocenters. The largest absolute Gasteiger partial charge is 0.340 e. The molecule has 0 radical (unpaired) electrons. The Morgan fingerprint density at radius 2 is 1.77 bits per heavy atom. The zero-order valence-corrected chi connectivity index (χ0v) is 17.3. The molecule has 0 bridgehead atoms. The first-order chi connectivity index (χ1) is 11.6. The van der Waals surface area contributed by atoms with Gasteiger partial charge in [0, 0.05) is 19.1 Å². The van der Waals surface area contributed by atoms with Crippen molar-refractivity contribution in [3.63, 3.8) is 0 Å². The number of carbonyl (C=O) groups excluding carboxylic acids is 1. The molecule has 6 heteroatoms. The molecule has 0 aliphatic carbocycles. The monoisotopic (exact) mass is 401 g/mol. The van der Waals surface area contributed by atoms with Crippen molar-refractivity contribution in [2.75, 3.05) is 26.2 Å². The third-order valence-corrected chi connectivity index (χ3v) is 5.69. The van der Waals surface area contributed by atoms with Gasteiger partial charge in [0.1, 0.15) is 0 Å². The number of piperidine rings is 2. The Morgan fingerprint density at radius 3 is 2.38 bits per heavy atom. The fourth-order valence-electron chi connectivity index (χ4n) is 4.12. The molecule has 2 aliphatic rings. The van der Waals surface area contributed by atoms with E-state index in [4.69, 9.17) is 5.73 Å². The van der Waals surface area contributed by atoms with Crippen LogP contribution in [0.5, 0.6) is 0 Å². The number of benzene rings is 1. The molecule has 1 aromatic rings. The van der Waals surface area contributed by atoms with Crippen LogP contribution in [0.1, 0.15) is 38.2 Å². The second-order valence-electron chi connectivity index (χ2n) is 7.53. The molecule has 0 aromatic heterocycles. The van der Waals surface area contributed by atoms with Gasteiger partial charge in [-0.15, -0.1) is 24.8 Å². The van der Waals surface area contributed by atoms with Gasteiger partial charge < -0.3 is 10.6 Å². The quantitative estimate of drug-likeness (QED) is 0.842. The molecule has 2 atom stereocenters. The second-order valence-corrected chi connectivity index (χ2v) is 7.53. The molecule has 2 fully saturated rings. The van der Waals surface area contributed by atoms with E-state index in [-0.39, 0.29) is 42.8 Å². The number of amides is 1. The lowest BCUT2D eigenvalue weighted by atomic mass is 9.89. The van der Waals surface area contributed by atoms with Gasteiger partial charge in [0.2, 0.25) is 5.91 Å². The van der Waals surface area contributed by atoms with E-state index < -0.39 is 0 Å². The summed E-state index contributed by atoms with van der Waals surface area (Å²) in [5, 5.41) is 0. The summed E-state index contributed by atoms with van der Waals surface area (Å²) in [6, 6.07) is 10.9. The molecule has 0 saturated carbocycles. The highest BCUT2D eigenvalue weighted by Crippen LogP contribution is 2.23. The first-order valence-electron chi connectivity index (χ1n) is 9.46. The highest BCUT2D eigenvalue weighted by molar-refractivity contribution is 5.85. The van der Waals surface area contributed by atoms with Gasteiger partial charge in [-0.3, -0.25) is 9.69 Å². The first kappa shape index (κ1) is 23.2. The Balaban J connectivity index is 0.00000169. The third kappa shape index (κ3) is 6.12. The van der Waals surface area contributed by atoms with Crippen LogP contribution in [0.2, 0.25) is 0 Å². The zero-order valence-electron chi connectivity index (χ0n) is 15.7. The predicted octanol–water partition coefficient (Wildman–Crippen LogP) is 3.12. The van der Waals surface area contributed by atoms with Crippen LogP contribution >= 0.6 is 24.8 Å². The van der Waals surface area contributed by atoms with Gasteiger partial charge in [-0.05, 0) is 63.6 Å². The smallest absolute Gasteiger partial charge is 0.239 e. The van der Waals surface area contributed by atoms with E-state index in [0.29, 0.717) is 0 Å². The topological polar surface area (TPSA) is 49.6 Å². The molecule has 1 amide bonds. The number of rotatable bonds is 4. The third-order valence-electron chi connectivity index (χ3n) is 5.69. The van der Waals surface area contributed by atoms with E-state index in [1.54, 1.807) is 0 Å². The van der Waals surface area contributed by atoms with Crippen molar-refractivity contribution in [3.05, 3.63) is 35.9 Å². The van der Waals surface area contributed by atoms with Gasteiger partial charge in [-0.25, -0.2) is 0 Å². The van der Waals surface area contributed by atoms with Gasteiger partial charge in [0.15, 0.2) is 0 Å². The van der Waals surface area contributed by atoms with Crippen LogP contribution in [-0.4, -0.2) is 54.0 Å². The van der Waals surface area contributed by atoms with E-state index >= 15 is 0 Å². The molecule has 3 rings (SSSR count). The highest BCUT2D eigenvalue weighted by Gasteiger charge is 2.31. The van der Waals surface area contributed by atoms with E-state index in [0.717, 1.165) is 51.4 Å². The molecule has 4 nitrogen and oxygen atoms in total. The predicted molar refractivity (Wildman–Crippen MR) is 112 cm³/mol. The van der Waals surface area contributed by atoms with Crippen molar-refractivity contribution in [3.8, 4) is 0 Å². The molecule has 148 valence electrons. The number of halogens is 2. The summed E-state index contributed by atoms with van der Waals surface area (Å²) in [5.74, 6) is 1.01. The standard InChI is InChI=1S/C20H31N3O.2ClH/c1-16(20(24)23-11-5-8-19(21)15-23)22-12-9-18(10-13-22)14-17-6-3-2-4-7-17;;/h2-4,6-7,16,18-19H,5,8-15,21H2,1H3;2*1H. The van der Waals surface area contributed by atoms with Crippen LogP contribution in [0.15, 0.2) is 30.3 Å². The minimum atomic E-state index is -0.00650. The summed E-state index contributed by atoms with van der Waals surface area (Å²) in [5.41, 5.74) is 7.46. The van der Waals surface area contributed by atoms with Crippen molar-refractivity contribution < 1.29 is 4.79 Å². The summed E-state index contributed by atoms with van der Waals surface area (Å²) in [6.45, 7) is 5.74. The van der Waals surface area contributed by atoms with Crippen LogP contribution < -0.4 is 5.73 Å². The lowest BCUT2D eigenvalue weighted by Gasteiger charge is -2.39. The van der Waals surface area contributed by atoms with Crippen LogP contribution in [0.3, 0.4) is 0 Å². The van der Waals surface area contributed by atoms with Gasteiger partial charge >= 0.3 is 0 Å². The average molecular weight is 402 g/mol. The Labute approximate surface area is 170 Å². The molecule has 2 N–H and O–H groups in total. The number of nitrogens with two attached hydrogens (primary N) is 1. The first-order valence-corrected chi connectivity index (χ1v) is 9.46. The normalized spacial score (nSPS) is 22.8. The number of likely N-dealkylation sites (tertiary alicyclic amines) is 2. The van der Waals surface area contributed by atoms with Crippen molar-refractivity contribution in [2.45, 2.75) is 51.1 Å². The van der Waals surface area contributed by atoms with Crippen molar-refractivity contribution >= 4 is 30.7 Å². The van der Waals surface area contributed by atoms with Crippen molar-refractivity contribution in [1.29, 1.82) is 0 Å². The highest BCUT2D eigenvalue weighted by atomic mass is 35.5. The second kappa shape index (κ2) is 11.1. The zero-order chi connectivity index (χ0) is 16.9. The average Bonchev–Trinajstić information content (AvgIpc) is 2.62. The Kier molecular flexibility index (Phi) is 9.94. The molecule has 2 saturated heterocycles. The molecule has 2 aliphatic heterocycles. The van der Waals surface area contributed by atoms with E-state index in [9.17, 15) is 4.79 Å². The molecule has 26 heavy (non-hydrogen) atoms. The van der Waals surface area contributed by atoms with E-state index in [2.05, 4.69) is 42.2 Å². The Hall–Kier alpha value is -0.810. The van der Waals surface area contributed by atoms with Gasteiger partial charge in [-0.2, -0.15) is 0 Å². The summed E-state index contributed by atoms with van der Waals surface area (Å²) >= 11 is 0. The summed E-state index contributed by atoms with van der Waals surface area (Å²) in [7, 11) is 0. The maximum absolute atomic E-state index is 12.7. The lowest BCUT2D eigenvalue weighted by Crippen LogP contribution is -2.54. The SMILES string of the molecule is CC(C(=O)N1CCCC(N)C1)N1CCC(Cc2ccccc2)CC1.Cl.Cl. The van der Waals surface area contributed by atoms with Crippen LogP contribution in [-0.2, 0) is 11.2 Å². The van der Waals surface area contributed by atoms with Gasteiger partial charge in [-0.1, -0.05) is 30.3 Å².